The monoisotopic (exact) mass is 326 g/mol. The predicted octanol–water partition coefficient (Wildman–Crippen LogP) is 2.55. The molecular weight excluding hydrogens is 300 g/mol. The second kappa shape index (κ2) is 6.95. The molecule has 2 aliphatic rings. The Labute approximate surface area is 142 Å². The molecule has 2 heterocycles. The van der Waals surface area contributed by atoms with Crippen LogP contribution in [0.2, 0.25) is 0 Å². The van der Waals surface area contributed by atoms with Gasteiger partial charge in [0, 0.05) is 43.8 Å². The lowest BCUT2D eigenvalue weighted by molar-refractivity contribution is -0.132. The first-order valence-electron chi connectivity index (χ1n) is 9.11. The lowest BCUT2D eigenvalue weighted by Crippen LogP contribution is -2.32. The summed E-state index contributed by atoms with van der Waals surface area (Å²) in [5, 5.41) is 1.22. The largest absolute Gasteiger partial charge is 0.361 e. The third-order valence-corrected chi connectivity index (χ3v) is 5.19. The van der Waals surface area contributed by atoms with E-state index >= 15 is 0 Å². The molecule has 1 saturated carbocycles. The highest BCUT2D eigenvalue weighted by Crippen LogP contribution is 2.30. The zero-order valence-electron chi connectivity index (χ0n) is 14.1. The van der Waals surface area contributed by atoms with Gasteiger partial charge in [0.1, 0.15) is 0 Å². The molecule has 128 valence electrons. The normalized spacial score (nSPS) is 18.3. The van der Waals surface area contributed by atoms with Crippen molar-refractivity contribution in [1.82, 2.24) is 20.7 Å². The fourth-order valence-electron chi connectivity index (χ4n) is 3.60. The van der Waals surface area contributed by atoms with Crippen LogP contribution in [0.3, 0.4) is 0 Å². The van der Waals surface area contributed by atoms with Crippen molar-refractivity contribution in [3.05, 3.63) is 36.0 Å². The van der Waals surface area contributed by atoms with Gasteiger partial charge in [0.15, 0.2) is 0 Å². The van der Waals surface area contributed by atoms with E-state index in [4.69, 9.17) is 0 Å². The number of carbonyl (C=O) groups excluding carboxylic acids is 1. The standard InChI is InChI=1S/C19H26N4O/c24-19(3-1-2-15-11-21-22-12-15)23(17-5-6-17)13-14-4-7-18-16(10-14)8-9-20-18/h4,7-10,15,17,20-22H,1-3,5-6,11-13H2. The molecule has 1 aromatic carbocycles. The highest BCUT2D eigenvalue weighted by Gasteiger charge is 2.32. The van der Waals surface area contributed by atoms with Crippen LogP contribution in [0.5, 0.6) is 0 Å². The molecule has 5 heteroatoms. The van der Waals surface area contributed by atoms with Gasteiger partial charge in [0.25, 0.3) is 0 Å². The van der Waals surface area contributed by atoms with Gasteiger partial charge >= 0.3 is 0 Å². The van der Waals surface area contributed by atoms with E-state index in [9.17, 15) is 4.79 Å². The van der Waals surface area contributed by atoms with Crippen LogP contribution in [0.25, 0.3) is 10.9 Å². The Bertz CT molecular complexity index is 700. The topological polar surface area (TPSA) is 60.2 Å². The summed E-state index contributed by atoms with van der Waals surface area (Å²) in [6.45, 7) is 2.80. The summed E-state index contributed by atoms with van der Waals surface area (Å²) in [7, 11) is 0. The fraction of sp³-hybridized carbons (Fsp3) is 0.526. The second-order valence-corrected chi connectivity index (χ2v) is 7.17. The maximum atomic E-state index is 12.7. The van der Waals surface area contributed by atoms with Crippen LogP contribution >= 0.6 is 0 Å². The average Bonchev–Trinajstić information content (AvgIpc) is 3.09. The van der Waals surface area contributed by atoms with Gasteiger partial charge in [0.05, 0.1) is 0 Å². The molecule has 3 N–H and O–H groups in total. The van der Waals surface area contributed by atoms with E-state index < -0.39 is 0 Å². The molecule has 0 spiro atoms. The van der Waals surface area contributed by atoms with Gasteiger partial charge in [0.2, 0.25) is 5.91 Å². The summed E-state index contributed by atoms with van der Waals surface area (Å²) >= 11 is 0. The molecule has 24 heavy (non-hydrogen) atoms. The van der Waals surface area contributed by atoms with Crippen LogP contribution in [0, 0.1) is 5.92 Å². The fourth-order valence-corrected chi connectivity index (χ4v) is 3.60. The summed E-state index contributed by atoms with van der Waals surface area (Å²) in [5.41, 5.74) is 8.70. The SMILES string of the molecule is O=C(CCCC1CNNC1)N(Cc1ccc2[nH]ccc2c1)C1CC1. The van der Waals surface area contributed by atoms with E-state index in [0.717, 1.165) is 50.8 Å². The number of benzene rings is 1. The van der Waals surface area contributed by atoms with E-state index in [-0.39, 0.29) is 0 Å². The van der Waals surface area contributed by atoms with Gasteiger partial charge in [-0.3, -0.25) is 15.6 Å². The van der Waals surface area contributed by atoms with Crippen molar-refractivity contribution in [2.45, 2.75) is 44.7 Å². The van der Waals surface area contributed by atoms with E-state index in [0.29, 0.717) is 24.3 Å². The van der Waals surface area contributed by atoms with Crippen molar-refractivity contribution in [3.8, 4) is 0 Å². The number of fused-ring (bicyclic) bond motifs is 1. The van der Waals surface area contributed by atoms with E-state index in [1.807, 2.05) is 6.20 Å². The molecule has 1 aromatic heterocycles. The number of nitrogens with zero attached hydrogens (tertiary/aromatic N) is 1. The van der Waals surface area contributed by atoms with Crippen molar-refractivity contribution < 1.29 is 4.79 Å². The molecule has 1 aliphatic carbocycles. The maximum absolute atomic E-state index is 12.7. The number of aromatic amines is 1. The second-order valence-electron chi connectivity index (χ2n) is 7.17. The number of nitrogens with one attached hydrogen (secondary N) is 3. The van der Waals surface area contributed by atoms with Crippen molar-refractivity contribution >= 4 is 16.8 Å². The Kier molecular flexibility index (Phi) is 4.54. The minimum absolute atomic E-state index is 0.325. The van der Waals surface area contributed by atoms with Gasteiger partial charge in [-0.1, -0.05) is 6.07 Å². The van der Waals surface area contributed by atoms with Crippen LogP contribution in [0.4, 0.5) is 0 Å². The number of hydrazine groups is 1. The molecule has 2 aromatic rings. The average molecular weight is 326 g/mol. The molecular formula is C19H26N4O. The lowest BCUT2D eigenvalue weighted by Gasteiger charge is -2.23. The first-order chi connectivity index (χ1) is 11.8. The Morgan fingerprint density at radius 3 is 2.79 bits per heavy atom. The predicted molar refractivity (Wildman–Crippen MR) is 95.2 cm³/mol. The van der Waals surface area contributed by atoms with Gasteiger partial charge in [-0.05, 0) is 60.7 Å². The number of hydrogen-bond donors (Lipinski definition) is 3. The third-order valence-electron chi connectivity index (χ3n) is 5.19. The molecule has 1 saturated heterocycles. The van der Waals surface area contributed by atoms with Crippen LogP contribution in [-0.4, -0.2) is 34.9 Å². The number of aromatic nitrogens is 1. The molecule has 2 fully saturated rings. The summed E-state index contributed by atoms with van der Waals surface area (Å²) < 4.78 is 0. The number of carbonyl (C=O) groups is 1. The zero-order valence-corrected chi connectivity index (χ0v) is 14.1. The van der Waals surface area contributed by atoms with Crippen LogP contribution in [0.1, 0.15) is 37.7 Å². The van der Waals surface area contributed by atoms with E-state index in [1.165, 1.54) is 10.9 Å². The van der Waals surface area contributed by atoms with Crippen LogP contribution in [-0.2, 0) is 11.3 Å². The van der Waals surface area contributed by atoms with Crippen LogP contribution in [0.15, 0.2) is 30.5 Å². The van der Waals surface area contributed by atoms with Crippen molar-refractivity contribution in [2.24, 2.45) is 5.92 Å². The molecule has 1 amide bonds. The molecule has 4 rings (SSSR count). The third kappa shape index (κ3) is 3.62. The molecule has 0 radical (unpaired) electrons. The van der Waals surface area contributed by atoms with Gasteiger partial charge < -0.3 is 9.88 Å². The Morgan fingerprint density at radius 2 is 2.00 bits per heavy atom. The number of amides is 1. The van der Waals surface area contributed by atoms with E-state index in [1.54, 1.807) is 0 Å². The zero-order chi connectivity index (χ0) is 16.4. The van der Waals surface area contributed by atoms with Gasteiger partial charge in [-0.2, -0.15) is 0 Å². The number of rotatable bonds is 7. The minimum Gasteiger partial charge on any atom is -0.361 e. The summed E-state index contributed by atoms with van der Waals surface area (Å²) in [4.78, 5) is 18.0. The Balaban J connectivity index is 1.35. The van der Waals surface area contributed by atoms with Crippen molar-refractivity contribution in [1.29, 1.82) is 0 Å². The number of hydrogen-bond acceptors (Lipinski definition) is 3. The maximum Gasteiger partial charge on any atom is 0.223 e. The highest BCUT2D eigenvalue weighted by molar-refractivity contribution is 5.80. The minimum atomic E-state index is 0.325. The lowest BCUT2D eigenvalue weighted by atomic mass is 10.0. The number of H-pyrrole nitrogens is 1. The molecule has 0 atom stereocenters. The molecule has 0 bridgehead atoms. The smallest absolute Gasteiger partial charge is 0.223 e. The Morgan fingerprint density at radius 1 is 1.17 bits per heavy atom. The molecule has 0 unspecified atom stereocenters. The van der Waals surface area contributed by atoms with Gasteiger partial charge in [-0.15, -0.1) is 0 Å². The van der Waals surface area contributed by atoms with Crippen LogP contribution < -0.4 is 10.9 Å². The Hall–Kier alpha value is -1.85. The summed E-state index contributed by atoms with van der Waals surface area (Å²) in [6.07, 6.45) is 7.08. The summed E-state index contributed by atoms with van der Waals surface area (Å²) in [5.74, 6) is 0.994. The van der Waals surface area contributed by atoms with Crippen molar-refractivity contribution in [3.63, 3.8) is 0 Å². The first-order valence-corrected chi connectivity index (χ1v) is 9.11. The molecule has 5 nitrogen and oxygen atoms in total. The summed E-state index contributed by atoms with van der Waals surface area (Å²) in [6, 6.07) is 9.00. The molecule has 1 aliphatic heterocycles. The highest BCUT2D eigenvalue weighted by atomic mass is 16.2. The van der Waals surface area contributed by atoms with Gasteiger partial charge in [-0.25, -0.2) is 0 Å². The quantitative estimate of drug-likeness (QED) is 0.733. The first kappa shape index (κ1) is 15.7. The van der Waals surface area contributed by atoms with E-state index in [2.05, 4.69) is 45.0 Å². The van der Waals surface area contributed by atoms with Crippen molar-refractivity contribution in [2.75, 3.05) is 13.1 Å².